The van der Waals surface area contributed by atoms with Crippen molar-refractivity contribution in [3.05, 3.63) is 33.8 Å². The van der Waals surface area contributed by atoms with E-state index in [4.69, 9.17) is 23.2 Å². The van der Waals surface area contributed by atoms with Gasteiger partial charge in [-0.25, -0.2) is 0 Å². The van der Waals surface area contributed by atoms with Gasteiger partial charge >= 0.3 is 0 Å². The first-order valence-corrected chi connectivity index (χ1v) is 9.55. The van der Waals surface area contributed by atoms with Crippen molar-refractivity contribution in [3.8, 4) is 0 Å². The molecule has 24 heavy (non-hydrogen) atoms. The predicted molar refractivity (Wildman–Crippen MR) is 97.3 cm³/mol. The maximum atomic E-state index is 12.9. The lowest BCUT2D eigenvalue weighted by Crippen LogP contribution is -2.46. The molecule has 0 bridgehead atoms. The number of amides is 1. The zero-order chi connectivity index (χ0) is 17.4. The van der Waals surface area contributed by atoms with Crippen LogP contribution in [0.25, 0.3) is 0 Å². The summed E-state index contributed by atoms with van der Waals surface area (Å²) >= 11 is 12.2. The van der Waals surface area contributed by atoms with Crippen LogP contribution >= 0.6 is 23.2 Å². The average molecular weight is 370 g/mol. The fourth-order valence-corrected chi connectivity index (χ4v) is 4.80. The minimum atomic E-state index is -0.248. The second kappa shape index (κ2) is 7.23. The lowest BCUT2D eigenvalue weighted by atomic mass is 9.77. The Kier molecular flexibility index (Phi) is 5.43. The van der Waals surface area contributed by atoms with Gasteiger partial charge in [0.2, 0.25) is 5.91 Å². The van der Waals surface area contributed by atoms with Crippen LogP contribution in [0.2, 0.25) is 10.0 Å². The molecule has 0 spiro atoms. The van der Waals surface area contributed by atoms with Crippen molar-refractivity contribution in [2.24, 2.45) is 17.8 Å². The molecular formula is C19H25Cl2NO2. The highest BCUT2D eigenvalue weighted by Gasteiger charge is 2.41. The third-order valence-corrected chi connectivity index (χ3v) is 6.31. The first-order chi connectivity index (χ1) is 11.4. The van der Waals surface area contributed by atoms with E-state index in [1.165, 1.54) is 0 Å². The zero-order valence-electron chi connectivity index (χ0n) is 14.2. The van der Waals surface area contributed by atoms with Gasteiger partial charge in [0, 0.05) is 28.5 Å². The Morgan fingerprint density at radius 1 is 1.21 bits per heavy atom. The number of carbonyl (C=O) groups is 1. The maximum Gasteiger partial charge on any atom is 0.226 e. The summed E-state index contributed by atoms with van der Waals surface area (Å²) in [7, 11) is 0. The number of halogens is 2. The third-order valence-electron chi connectivity index (χ3n) is 5.73. The smallest absolute Gasteiger partial charge is 0.226 e. The van der Waals surface area contributed by atoms with Crippen LogP contribution in [0.15, 0.2) is 18.2 Å². The highest BCUT2D eigenvalue weighted by atomic mass is 35.5. The molecule has 1 saturated heterocycles. The van der Waals surface area contributed by atoms with Crippen molar-refractivity contribution in [1.29, 1.82) is 0 Å². The second-order valence-corrected chi connectivity index (χ2v) is 8.37. The number of rotatable bonds is 3. The Labute approximate surface area is 153 Å². The monoisotopic (exact) mass is 369 g/mol. The SMILES string of the molecule is C[C@@H]1CC(N2CCC(Cc3ccc(Cl)cc3Cl)C2=O)C[C@H](C)[C@@H]1O. The molecule has 1 aliphatic carbocycles. The predicted octanol–water partition coefficient (Wildman–Crippen LogP) is 4.18. The standard InChI is InChI=1S/C19H25Cl2NO2/c1-11-7-16(8-12(2)18(11)23)22-6-5-14(19(22)24)9-13-3-4-15(20)10-17(13)21/h3-4,10-12,14,16,18,23H,5-9H2,1-2H3/t11-,12+,14?,16?,18-. The van der Waals surface area contributed by atoms with Gasteiger partial charge in [0.25, 0.3) is 0 Å². The first-order valence-electron chi connectivity index (χ1n) is 8.79. The van der Waals surface area contributed by atoms with Crippen LogP contribution in [-0.2, 0) is 11.2 Å². The molecule has 132 valence electrons. The number of benzene rings is 1. The van der Waals surface area contributed by atoms with E-state index in [9.17, 15) is 9.90 Å². The molecule has 3 nitrogen and oxygen atoms in total. The number of likely N-dealkylation sites (tertiary alicyclic amines) is 1. The first kappa shape index (κ1) is 18.0. The quantitative estimate of drug-likeness (QED) is 0.867. The topological polar surface area (TPSA) is 40.5 Å². The van der Waals surface area contributed by atoms with Gasteiger partial charge in [-0.05, 0) is 55.2 Å². The number of hydrogen-bond acceptors (Lipinski definition) is 2. The average Bonchev–Trinajstić information content (AvgIpc) is 2.88. The summed E-state index contributed by atoms with van der Waals surface area (Å²) in [5.41, 5.74) is 0.988. The van der Waals surface area contributed by atoms with Gasteiger partial charge in [0.1, 0.15) is 0 Å². The summed E-state index contributed by atoms with van der Waals surface area (Å²) in [4.78, 5) is 14.9. The molecule has 2 unspecified atom stereocenters. The van der Waals surface area contributed by atoms with Gasteiger partial charge in [0.15, 0.2) is 0 Å². The number of nitrogens with zero attached hydrogens (tertiary/aromatic N) is 1. The van der Waals surface area contributed by atoms with E-state index in [1.807, 2.05) is 17.0 Å². The highest BCUT2D eigenvalue weighted by Crippen LogP contribution is 2.36. The second-order valence-electron chi connectivity index (χ2n) is 7.53. The van der Waals surface area contributed by atoms with E-state index in [2.05, 4.69) is 13.8 Å². The molecule has 1 heterocycles. The van der Waals surface area contributed by atoms with Crippen LogP contribution < -0.4 is 0 Å². The van der Waals surface area contributed by atoms with Crippen molar-refractivity contribution in [1.82, 2.24) is 4.90 Å². The van der Waals surface area contributed by atoms with Gasteiger partial charge in [-0.2, -0.15) is 0 Å². The van der Waals surface area contributed by atoms with E-state index >= 15 is 0 Å². The van der Waals surface area contributed by atoms with Crippen molar-refractivity contribution in [2.45, 2.75) is 51.7 Å². The molecule has 0 radical (unpaired) electrons. The molecule has 2 fully saturated rings. The van der Waals surface area contributed by atoms with E-state index in [0.29, 0.717) is 16.5 Å². The summed E-state index contributed by atoms with van der Waals surface area (Å²) < 4.78 is 0. The van der Waals surface area contributed by atoms with Crippen molar-refractivity contribution >= 4 is 29.1 Å². The molecule has 0 aromatic heterocycles. The largest absolute Gasteiger partial charge is 0.393 e. The van der Waals surface area contributed by atoms with Gasteiger partial charge in [0.05, 0.1) is 6.10 Å². The Balaban J connectivity index is 1.67. The molecule has 5 atom stereocenters. The van der Waals surface area contributed by atoms with E-state index < -0.39 is 0 Å². The molecule has 1 aromatic carbocycles. The molecule has 1 amide bonds. The number of hydrogen-bond donors (Lipinski definition) is 1. The molecule has 1 aliphatic heterocycles. The van der Waals surface area contributed by atoms with Crippen molar-refractivity contribution in [3.63, 3.8) is 0 Å². The number of aliphatic hydroxyl groups is 1. The lowest BCUT2D eigenvalue weighted by Gasteiger charge is -2.40. The molecule has 5 heteroatoms. The van der Waals surface area contributed by atoms with E-state index in [-0.39, 0.29) is 35.8 Å². The highest BCUT2D eigenvalue weighted by molar-refractivity contribution is 6.35. The molecule has 3 rings (SSSR count). The summed E-state index contributed by atoms with van der Waals surface area (Å²) in [6.07, 6.45) is 3.09. The summed E-state index contributed by atoms with van der Waals surface area (Å²) in [5, 5.41) is 11.4. The number of carbonyl (C=O) groups excluding carboxylic acids is 1. The van der Waals surface area contributed by atoms with Crippen molar-refractivity contribution < 1.29 is 9.90 Å². The minimum Gasteiger partial charge on any atom is -0.393 e. The Morgan fingerprint density at radius 2 is 1.88 bits per heavy atom. The van der Waals surface area contributed by atoms with Crippen LogP contribution in [-0.4, -0.2) is 34.6 Å². The lowest BCUT2D eigenvalue weighted by molar-refractivity contribution is -0.135. The molecule has 1 saturated carbocycles. The minimum absolute atomic E-state index is 0.00105. The molecular weight excluding hydrogens is 345 g/mol. The van der Waals surface area contributed by atoms with E-state index in [0.717, 1.165) is 31.4 Å². The van der Waals surface area contributed by atoms with Crippen LogP contribution in [0, 0.1) is 17.8 Å². The van der Waals surface area contributed by atoms with Gasteiger partial charge < -0.3 is 10.0 Å². The summed E-state index contributed by atoms with van der Waals surface area (Å²) in [6.45, 7) is 4.98. The third kappa shape index (κ3) is 3.58. The normalized spacial score (nSPS) is 34.0. The van der Waals surface area contributed by atoms with Crippen LogP contribution in [0.1, 0.15) is 38.7 Å². The van der Waals surface area contributed by atoms with Crippen LogP contribution in [0.5, 0.6) is 0 Å². The van der Waals surface area contributed by atoms with Crippen molar-refractivity contribution in [2.75, 3.05) is 6.54 Å². The Morgan fingerprint density at radius 3 is 2.50 bits per heavy atom. The fourth-order valence-electron chi connectivity index (χ4n) is 4.32. The molecule has 2 aliphatic rings. The van der Waals surface area contributed by atoms with Gasteiger partial charge in [-0.3, -0.25) is 4.79 Å². The van der Waals surface area contributed by atoms with Crippen LogP contribution in [0.3, 0.4) is 0 Å². The van der Waals surface area contributed by atoms with Crippen LogP contribution in [0.4, 0.5) is 0 Å². The maximum absolute atomic E-state index is 12.9. The molecule has 1 N–H and O–H groups in total. The number of aliphatic hydroxyl groups excluding tert-OH is 1. The van der Waals surface area contributed by atoms with E-state index in [1.54, 1.807) is 6.07 Å². The zero-order valence-corrected chi connectivity index (χ0v) is 15.7. The Hall–Kier alpha value is -0.770. The van der Waals surface area contributed by atoms with Gasteiger partial charge in [-0.15, -0.1) is 0 Å². The Bertz CT molecular complexity index is 609. The molecule has 1 aromatic rings. The summed E-state index contributed by atoms with van der Waals surface area (Å²) in [6, 6.07) is 5.74. The summed E-state index contributed by atoms with van der Waals surface area (Å²) in [5.74, 6) is 0.732. The van der Waals surface area contributed by atoms with Gasteiger partial charge in [-0.1, -0.05) is 43.1 Å². The fraction of sp³-hybridized carbons (Fsp3) is 0.632.